The standard InChI is InChI=1S/C24H30N2/c1-6-26-22-15-11-10-12-20(22)18-19(2)16-17-23(25-5)24(3,4)21-13-8-7-9-14-21/h7-18,26H,6H2,1-5H3/b17-16+,19-18+,25-23+. The lowest BCUT2D eigenvalue weighted by Gasteiger charge is -2.25. The monoisotopic (exact) mass is 346 g/mol. The molecule has 136 valence electrons. The van der Waals surface area contributed by atoms with E-state index >= 15 is 0 Å². The first-order valence-corrected chi connectivity index (χ1v) is 9.21. The summed E-state index contributed by atoms with van der Waals surface area (Å²) in [6, 6.07) is 18.9. The van der Waals surface area contributed by atoms with Crippen molar-refractivity contribution < 1.29 is 0 Å². The minimum Gasteiger partial charge on any atom is -0.385 e. The fraction of sp³-hybridized carbons (Fsp3) is 0.292. The summed E-state index contributed by atoms with van der Waals surface area (Å²) in [5, 5.41) is 3.41. The second-order valence-corrected chi connectivity index (χ2v) is 6.94. The fourth-order valence-electron chi connectivity index (χ4n) is 3.04. The van der Waals surface area contributed by atoms with Gasteiger partial charge in [-0.2, -0.15) is 0 Å². The predicted molar refractivity (Wildman–Crippen MR) is 116 cm³/mol. The number of benzene rings is 2. The minimum absolute atomic E-state index is 0.130. The highest BCUT2D eigenvalue weighted by molar-refractivity contribution is 6.03. The summed E-state index contributed by atoms with van der Waals surface area (Å²) in [6.07, 6.45) is 6.49. The maximum Gasteiger partial charge on any atom is 0.0445 e. The number of allylic oxidation sites excluding steroid dienone is 3. The van der Waals surface area contributed by atoms with Crippen LogP contribution in [0, 0.1) is 0 Å². The molecule has 0 heterocycles. The van der Waals surface area contributed by atoms with Crippen molar-refractivity contribution >= 4 is 17.5 Å². The Kier molecular flexibility index (Phi) is 6.97. The highest BCUT2D eigenvalue weighted by Crippen LogP contribution is 2.26. The van der Waals surface area contributed by atoms with Crippen LogP contribution in [0.15, 0.2) is 77.3 Å². The summed E-state index contributed by atoms with van der Waals surface area (Å²) >= 11 is 0. The summed E-state index contributed by atoms with van der Waals surface area (Å²) in [5.74, 6) is 0. The lowest BCUT2D eigenvalue weighted by molar-refractivity contribution is 0.719. The molecule has 2 rings (SSSR count). The van der Waals surface area contributed by atoms with Crippen molar-refractivity contribution in [1.29, 1.82) is 0 Å². The van der Waals surface area contributed by atoms with Crippen LogP contribution in [0.4, 0.5) is 5.69 Å². The van der Waals surface area contributed by atoms with Gasteiger partial charge in [-0.1, -0.05) is 74.0 Å². The second kappa shape index (κ2) is 9.19. The average Bonchev–Trinajstić information content (AvgIpc) is 2.64. The molecular formula is C24H30N2. The molecule has 0 atom stereocenters. The van der Waals surface area contributed by atoms with E-state index in [1.54, 1.807) is 0 Å². The summed E-state index contributed by atoms with van der Waals surface area (Å²) in [6.45, 7) is 9.59. The van der Waals surface area contributed by atoms with Gasteiger partial charge in [0, 0.05) is 30.4 Å². The van der Waals surface area contributed by atoms with E-state index in [1.165, 1.54) is 16.7 Å². The summed E-state index contributed by atoms with van der Waals surface area (Å²) in [7, 11) is 1.86. The van der Waals surface area contributed by atoms with Crippen molar-refractivity contribution in [1.82, 2.24) is 0 Å². The Hall–Kier alpha value is -2.61. The number of hydrogen-bond acceptors (Lipinski definition) is 2. The van der Waals surface area contributed by atoms with Crippen LogP contribution in [0.1, 0.15) is 38.8 Å². The number of rotatable bonds is 7. The van der Waals surface area contributed by atoms with Crippen LogP contribution in [0.3, 0.4) is 0 Å². The molecule has 0 amide bonds. The molecule has 0 bridgehead atoms. The Bertz CT molecular complexity index is 796. The van der Waals surface area contributed by atoms with Gasteiger partial charge in [0.15, 0.2) is 0 Å². The van der Waals surface area contributed by atoms with Crippen LogP contribution in [-0.2, 0) is 5.41 Å². The number of anilines is 1. The van der Waals surface area contributed by atoms with E-state index in [4.69, 9.17) is 0 Å². The van der Waals surface area contributed by atoms with Crippen LogP contribution in [0.2, 0.25) is 0 Å². The molecular weight excluding hydrogens is 316 g/mol. The first-order valence-electron chi connectivity index (χ1n) is 9.21. The Morgan fingerprint density at radius 2 is 1.65 bits per heavy atom. The molecule has 2 aromatic carbocycles. The van der Waals surface area contributed by atoms with Gasteiger partial charge in [0.1, 0.15) is 0 Å². The first kappa shape index (κ1) is 19.7. The molecule has 0 aliphatic rings. The number of nitrogens with zero attached hydrogens (tertiary/aromatic N) is 1. The Morgan fingerprint density at radius 3 is 2.31 bits per heavy atom. The Balaban J connectivity index is 2.24. The lowest BCUT2D eigenvalue weighted by Crippen LogP contribution is -2.27. The quantitative estimate of drug-likeness (QED) is 0.473. The zero-order valence-corrected chi connectivity index (χ0v) is 16.6. The van der Waals surface area contributed by atoms with Crippen molar-refractivity contribution in [3.05, 3.63) is 83.4 Å². The summed E-state index contributed by atoms with van der Waals surface area (Å²) < 4.78 is 0. The highest BCUT2D eigenvalue weighted by Gasteiger charge is 2.24. The van der Waals surface area contributed by atoms with E-state index in [2.05, 4.69) is 105 Å². The van der Waals surface area contributed by atoms with Gasteiger partial charge in [-0.05, 0) is 43.2 Å². The van der Waals surface area contributed by atoms with Crippen LogP contribution in [0.5, 0.6) is 0 Å². The summed E-state index contributed by atoms with van der Waals surface area (Å²) in [5.41, 5.74) is 5.76. The molecule has 0 aromatic heterocycles. The largest absolute Gasteiger partial charge is 0.385 e. The molecule has 26 heavy (non-hydrogen) atoms. The molecule has 2 heteroatoms. The molecule has 2 aromatic rings. The van der Waals surface area contributed by atoms with Gasteiger partial charge in [0.05, 0.1) is 0 Å². The number of hydrogen-bond donors (Lipinski definition) is 1. The molecule has 0 saturated carbocycles. The number of para-hydroxylation sites is 1. The first-order chi connectivity index (χ1) is 12.5. The molecule has 1 N–H and O–H groups in total. The van der Waals surface area contributed by atoms with Crippen LogP contribution < -0.4 is 5.32 Å². The minimum atomic E-state index is -0.130. The van der Waals surface area contributed by atoms with Crippen molar-refractivity contribution in [3.63, 3.8) is 0 Å². The summed E-state index contributed by atoms with van der Waals surface area (Å²) in [4.78, 5) is 4.55. The van der Waals surface area contributed by atoms with Gasteiger partial charge in [-0.3, -0.25) is 4.99 Å². The highest BCUT2D eigenvalue weighted by atomic mass is 14.9. The van der Waals surface area contributed by atoms with Crippen molar-refractivity contribution in [2.45, 2.75) is 33.1 Å². The van der Waals surface area contributed by atoms with Crippen LogP contribution in [0.25, 0.3) is 6.08 Å². The van der Waals surface area contributed by atoms with E-state index in [0.29, 0.717) is 0 Å². The SMILES string of the molecule is CCNc1ccccc1/C=C(C)/C=C/C(=N\C)C(C)(C)c1ccccc1. The smallest absolute Gasteiger partial charge is 0.0445 e. The third-order valence-electron chi connectivity index (χ3n) is 4.59. The van der Waals surface area contributed by atoms with Gasteiger partial charge in [-0.25, -0.2) is 0 Å². The molecule has 0 radical (unpaired) electrons. The molecule has 2 nitrogen and oxygen atoms in total. The van der Waals surface area contributed by atoms with Crippen LogP contribution in [-0.4, -0.2) is 19.3 Å². The zero-order chi connectivity index (χ0) is 19.0. The van der Waals surface area contributed by atoms with E-state index in [0.717, 1.165) is 17.9 Å². The maximum atomic E-state index is 4.55. The van der Waals surface area contributed by atoms with Crippen molar-refractivity contribution in [2.75, 3.05) is 18.9 Å². The van der Waals surface area contributed by atoms with Gasteiger partial charge < -0.3 is 5.32 Å². The number of nitrogens with one attached hydrogen (secondary N) is 1. The Labute approximate surface area is 158 Å². The molecule has 0 aliphatic heterocycles. The Morgan fingerprint density at radius 1 is 1.00 bits per heavy atom. The van der Waals surface area contributed by atoms with Gasteiger partial charge >= 0.3 is 0 Å². The topological polar surface area (TPSA) is 24.4 Å². The molecule has 0 saturated heterocycles. The third-order valence-corrected chi connectivity index (χ3v) is 4.59. The van der Waals surface area contributed by atoms with Gasteiger partial charge in [-0.15, -0.1) is 0 Å². The van der Waals surface area contributed by atoms with E-state index in [-0.39, 0.29) is 5.41 Å². The van der Waals surface area contributed by atoms with E-state index in [9.17, 15) is 0 Å². The van der Waals surface area contributed by atoms with Gasteiger partial charge in [0.2, 0.25) is 0 Å². The third kappa shape index (κ3) is 4.95. The van der Waals surface area contributed by atoms with Crippen molar-refractivity contribution in [3.8, 4) is 0 Å². The lowest BCUT2D eigenvalue weighted by atomic mass is 9.79. The van der Waals surface area contributed by atoms with E-state index in [1.807, 2.05) is 13.1 Å². The van der Waals surface area contributed by atoms with E-state index < -0.39 is 0 Å². The average molecular weight is 347 g/mol. The zero-order valence-electron chi connectivity index (χ0n) is 16.6. The number of aliphatic imine (C=N–C) groups is 1. The fourth-order valence-corrected chi connectivity index (χ4v) is 3.04. The predicted octanol–water partition coefficient (Wildman–Crippen LogP) is 6.13. The normalized spacial score (nSPS) is 13.3. The maximum absolute atomic E-state index is 4.55. The van der Waals surface area contributed by atoms with Gasteiger partial charge in [0.25, 0.3) is 0 Å². The van der Waals surface area contributed by atoms with Crippen LogP contribution >= 0.6 is 0 Å². The second-order valence-electron chi connectivity index (χ2n) is 6.94. The molecule has 0 fully saturated rings. The molecule has 0 unspecified atom stereocenters. The van der Waals surface area contributed by atoms with Crippen molar-refractivity contribution in [2.24, 2.45) is 4.99 Å². The molecule has 0 spiro atoms. The molecule has 0 aliphatic carbocycles.